The number of carbonyl (C=O) groups is 1. The fraction of sp³-hybridized carbons (Fsp3) is 0.556. The summed E-state index contributed by atoms with van der Waals surface area (Å²) >= 11 is 0. The van der Waals surface area contributed by atoms with Crippen LogP contribution in [0.4, 0.5) is 0 Å². The predicted molar refractivity (Wildman–Crippen MR) is 59.8 cm³/mol. The first-order valence-corrected chi connectivity index (χ1v) is 6.78. The number of carboxylic acid groups (broad SMARTS) is 1. The lowest BCUT2D eigenvalue weighted by Crippen LogP contribution is -2.35. The minimum Gasteiger partial charge on any atom is -0.476 e. The molecule has 18 heavy (non-hydrogen) atoms. The van der Waals surface area contributed by atoms with E-state index in [9.17, 15) is 13.2 Å². The molecule has 0 aliphatic carbocycles. The minimum atomic E-state index is -3.91. The van der Waals surface area contributed by atoms with Gasteiger partial charge < -0.3 is 9.84 Å². The van der Waals surface area contributed by atoms with Crippen LogP contribution in [0.3, 0.4) is 0 Å². The fourth-order valence-corrected chi connectivity index (χ4v) is 3.38. The first-order valence-electron chi connectivity index (χ1n) is 5.30. The summed E-state index contributed by atoms with van der Waals surface area (Å²) in [5, 5.41) is 14.8. The van der Waals surface area contributed by atoms with E-state index in [2.05, 4.69) is 14.9 Å². The number of aryl methyl sites for hydroxylation is 1. The van der Waals surface area contributed by atoms with Crippen molar-refractivity contribution in [2.75, 3.05) is 13.2 Å². The highest BCUT2D eigenvalue weighted by molar-refractivity contribution is 7.89. The SMILES string of the molecule is Cc1[nH]nc(C(=O)O)c1S(=O)(=O)NC1CCOC1. The molecule has 0 amide bonds. The third-order valence-electron chi connectivity index (χ3n) is 2.61. The van der Waals surface area contributed by atoms with Crippen molar-refractivity contribution in [1.29, 1.82) is 0 Å². The Morgan fingerprint density at radius 1 is 1.61 bits per heavy atom. The number of carboxylic acids is 1. The second-order valence-electron chi connectivity index (χ2n) is 4.01. The van der Waals surface area contributed by atoms with E-state index in [1.165, 1.54) is 6.92 Å². The van der Waals surface area contributed by atoms with Crippen LogP contribution in [0, 0.1) is 6.92 Å². The third-order valence-corrected chi connectivity index (χ3v) is 4.29. The molecule has 1 aliphatic rings. The maximum absolute atomic E-state index is 12.1. The highest BCUT2D eigenvalue weighted by Crippen LogP contribution is 2.19. The molecule has 1 fully saturated rings. The largest absolute Gasteiger partial charge is 0.476 e. The molecule has 1 aromatic rings. The van der Waals surface area contributed by atoms with Gasteiger partial charge >= 0.3 is 5.97 Å². The van der Waals surface area contributed by atoms with Crippen molar-refractivity contribution in [3.63, 3.8) is 0 Å². The number of aromatic amines is 1. The monoisotopic (exact) mass is 275 g/mol. The van der Waals surface area contributed by atoms with Crippen molar-refractivity contribution in [1.82, 2.24) is 14.9 Å². The van der Waals surface area contributed by atoms with Crippen LogP contribution in [-0.4, -0.2) is 48.9 Å². The average Bonchev–Trinajstić information content (AvgIpc) is 2.86. The van der Waals surface area contributed by atoms with Crippen LogP contribution in [0.15, 0.2) is 4.90 Å². The van der Waals surface area contributed by atoms with Crippen molar-refractivity contribution in [2.24, 2.45) is 0 Å². The molecule has 3 N–H and O–H groups in total. The Kier molecular flexibility index (Phi) is 3.37. The molecule has 0 bridgehead atoms. The third kappa shape index (κ3) is 2.37. The zero-order valence-electron chi connectivity index (χ0n) is 9.63. The van der Waals surface area contributed by atoms with Crippen LogP contribution in [0.5, 0.6) is 0 Å². The highest BCUT2D eigenvalue weighted by atomic mass is 32.2. The van der Waals surface area contributed by atoms with Gasteiger partial charge in [-0.25, -0.2) is 17.9 Å². The van der Waals surface area contributed by atoms with Gasteiger partial charge in [-0.05, 0) is 13.3 Å². The van der Waals surface area contributed by atoms with E-state index in [1.54, 1.807) is 0 Å². The smallest absolute Gasteiger partial charge is 0.357 e. The molecule has 1 aliphatic heterocycles. The summed E-state index contributed by atoms with van der Waals surface area (Å²) in [6.07, 6.45) is 0.568. The van der Waals surface area contributed by atoms with E-state index in [0.29, 0.717) is 19.6 Å². The molecule has 0 saturated carbocycles. The van der Waals surface area contributed by atoms with Crippen molar-refractivity contribution in [3.8, 4) is 0 Å². The number of aromatic carboxylic acids is 1. The number of hydrogen-bond acceptors (Lipinski definition) is 5. The second-order valence-corrected chi connectivity index (χ2v) is 5.66. The molecule has 0 radical (unpaired) electrons. The summed E-state index contributed by atoms with van der Waals surface area (Å²) in [4.78, 5) is 10.6. The number of sulfonamides is 1. The average molecular weight is 275 g/mol. The summed E-state index contributed by atoms with van der Waals surface area (Å²) in [5.41, 5.74) is -0.308. The minimum absolute atomic E-state index is 0.193. The Balaban J connectivity index is 2.34. The lowest BCUT2D eigenvalue weighted by atomic mass is 10.3. The van der Waals surface area contributed by atoms with Gasteiger partial charge in [-0.3, -0.25) is 5.10 Å². The molecule has 2 heterocycles. The Morgan fingerprint density at radius 3 is 2.89 bits per heavy atom. The fourth-order valence-electron chi connectivity index (χ4n) is 1.80. The first-order chi connectivity index (χ1) is 8.42. The summed E-state index contributed by atoms with van der Waals surface area (Å²) in [7, 11) is -3.91. The molecular weight excluding hydrogens is 262 g/mol. The molecule has 0 aromatic carbocycles. The van der Waals surface area contributed by atoms with Crippen LogP contribution in [0.1, 0.15) is 22.6 Å². The van der Waals surface area contributed by atoms with Gasteiger partial charge in [-0.1, -0.05) is 0 Å². The molecule has 2 rings (SSSR count). The second kappa shape index (κ2) is 4.67. The molecule has 0 spiro atoms. The summed E-state index contributed by atoms with van der Waals surface area (Å²) < 4.78 is 31.7. The molecule has 9 heteroatoms. The van der Waals surface area contributed by atoms with E-state index in [1.807, 2.05) is 0 Å². The molecule has 1 saturated heterocycles. The van der Waals surface area contributed by atoms with E-state index in [4.69, 9.17) is 9.84 Å². The molecule has 1 unspecified atom stereocenters. The van der Waals surface area contributed by atoms with Gasteiger partial charge in [-0.15, -0.1) is 0 Å². The molecule has 1 atom stereocenters. The normalized spacial score (nSPS) is 20.2. The zero-order chi connectivity index (χ0) is 13.3. The van der Waals surface area contributed by atoms with Crippen LogP contribution >= 0.6 is 0 Å². The Morgan fingerprint density at radius 2 is 2.33 bits per heavy atom. The van der Waals surface area contributed by atoms with Crippen molar-refractivity contribution < 1.29 is 23.1 Å². The van der Waals surface area contributed by atoms with Gasteiger partial charge in [0.2, 0.25) is 10.0 Å². The van der Waals surface area contributed by atoms with Crippen molar-refractivity contribution in [2.45, 2.75) is 24.3 Å². The summed E-state index contributed by atoms with van der Waals surface area (Å²) in [5.74, 6) is -1.39. The molecule has 100 valence electrons. The quantitative estimate of drug-likeness (QED) is 0.680. The Labute approximate surface area is 103 Å². The number of ether oxygens (including phenoxy) is 1. The van der Waals surface area contributed by atoms with E-state index in [0.717, 1.165) is 0 Å². The number of H-pyrrole nitrogens is 1. The van der Waals surface area contributed by atoms with E-state index < -0.39 is 21.7 Å². The van der Waals surface area contributed by atoms with Gasteiger partial charge in [-0.2, -0.15) is 5.10 Å². The van der Waals surface area contributed by atoms with Gasteiger partial charge in [0.25, 0.3) is 0 Å². The Bertz CT molecular complexity index is 559. The number of aromatic nitrogens is 2. The van der Waals surface area contributed by atoms with E-state index >= 15 is 0 Å². The lowest BCUT2D eigenvalue weighted by molar-refractivity contribution is 0.0686. The zero-order valence-corrected chi connectivity index (χ0v) is 10.5. The van der Waals surface area contributed by atoms with Gasteiger partial charge in [0.15, 0.2) is 5.69 Å². The predicted octanol–water partition coefficient (Wildman–Crippen LogP) is -0.516. The van der Waals surface area contributed by atoms with Gasteiger partial charge in [0.1, 0.15) is 4.90 Å². The maximum atomic E-state index is 12.1. The lowest BCUT2D eigenvalue weighted by Gasteiger charge is -2.11. The summed E-state index contributed by atoms with van der Waals surface area (Å²) in [6.45, 7) is 2.24. The number of nitrogens with zero attached hydrogens (tertiary/aromatic N) is 1. The van der Waals surface area contributed by atoms with E-state index in [-0.39, 0.29) is 16.6 Å². The first kappa shape index (κ1) is 13.0. The van der Waals surface area contributed by atoms with Crippen LogP contribution in [0.25, 0.3) is 0 Å². The van der Waals surface area contributed by atoms with Crippen molar-refractivity contribution in [3.05, 3.63) is 11.4 Å². The molecular formula is C9H13N3O5S. The van der Waals surface area contributed by atoms with Crippen LogP contribution < -0.4 is 4.72 Å². The van der Waals surface area contributed by atoms with Crippen LogP contribution in [-0.2, 0) is 14.8 Å². The highest BCUT2D eigenvalue weighted by Gasteiger charge is 2.31. The standard InChI is InChI=1S/C9H13N3O5S/c1-5-8(7(9(13)14)11-10-5)18(15,16)12-6-2-3-17-4-6/h6,12H,2-4H2,1H3,(H,10,11)(H,13,14). The van der Waals surface area contributed by atoms with Crippen molar-refractivity contribution >= 4 is 16.0 Å². The Hall–Kier alpha value is -1.45. The van der Waals surface area contributed by atoms with Gasteiger partial charge in [0.05, 0.1) is 12.3 Å². The number of nitrogens with one attached hydrogen (secondary N) is 2. The molecule has 8 nitrogen and oxygen atoms in total. The number of hydrogen-bond donors (Lipinski definition) is 3. The number of rotatable bonds is 4. The molecule has 1 aromatic heterocycles. The van der Waals surface area contributed by atoms with Crippen LogP contribution in [0.2, 0.25) is 0 Å². The van der Waals surface area contributed by atoms with Gasteiger partial charge in [0, 0.05) is 12.6 Å². The summed E-state index contributed by atoms with van der Waals surface area (Å²) in [6, 6.07) is -0.328. The topological polar surface area (TPSA) is 121 Å². The maximum Gasteiger partial charge on any atom is 0.357 e.